The van der Waals surface area contributed by atoms with Gasteiger partial charge in [0.05, 0.1) is 0 Å². The van der Waals surface area contributed by atoms with Gasteiger partial charge in [-0.05, 0) is 11.8 Å². The zero-order valence-corrected chi connectivity index (χ0v) is 8.78. The van der Waals surface area contributed by atoms with Gasteiger partial charge in [0.25, 0.3) is 0 Å². The van der Waals surface area contributed by atoms with Crippen LogP contribution < -0.4 is 10.6 Å². The zero-order chi connectivity index (χ0) is 9.19. The van der Waals surface area contributed by atoms with Crippen LogP contribution in [0.3, 0.4) is 0 Å². The number of nitrogens with one attached hydrogen (secondary N) is 2. The molecular weight excluding hydrogens is 148 g/mol. The first-order valence-corrected chi connectivity index (χ1v) is 5.00. The van der Waals surface area contributed by atoms with Crippen molar-refractivity contribution in [1.82, 2.24) is 10.6 Å². The molecule has 0 saturated carbocycles. The lowest BCUT2D eigenvalue weighted by molar-refractivity contribution is 0.212. The van der Waals surface area contributed by atoms with Crippen LogP contribution in [-0.2, 0) is 0 Å². The standard InChI is InChI=1S/C10H22N2/c1-5-8-6-12-9(7-11-8)10(2,3)4/h8-9,11-12H,5-7H2,1-4H3. The van der Waals surface area contributed by atoms with E-state index < -0.39 is 0 Å². The van der Waals surface area contributed by atoms with E-state index in [4.69, 9.17) is 0 Å². The molecular formula is C10H22N2. The van der Waals surface area contributed by atoms with Crippen LogP contribution in [0.2, 0.25) is 0 Å². The second-order valence-electron chi connectivity index (χ2n) is 4.84. The van der Waals surface area contributed by atoms with Crippen molar-refractivity contribution >= 4 is 0 Å². The van der Waals surface area contributed by atoms with E-state index >= 15 is 0 Å². The third kappa shape index (κ3) is 2.46. The van der Waals surface area contributed by atoms with Crippen LogP contribution in [0.25, 0.3) is 0 Å². The molecule has 1 heterocycles. The van der Waals surface area contributed by atoms with Gasteiger partial charge in [-0.2, -0.15) is 0 Å². The molecule has 0 aromatic carbocycles. The maximum absolute atomic E-state index is 3.60. The Kier molecular flexibility index (Phi) is 3.13. The van der Waals surface area contributed by atoms with Crippen LogP contribution in [0.15, 0.2) is 0 Å². The Balaban J connectivity index is 2.36. The van der Waals surface area contributed by atoms with E-state index in [1.807, 2.05) is 0 Å². The molecule has 12 heavy (non-hydrogen) atoms. The van der Waals surface area contributed by atoms with E-state index in [1.165, 1.54) is 6.42 Å². The summed E-state index contributed by atoms with van der Waals surface area (Å²) in [6, 6.07) is 1.31. The van der Waals surface area contributed by atoms with Crippen LogP contribution >= 0.6 is 0 Å². The van der Waals surface area contributed by atoms with E-state index in [0.717, 1.165) is 13.1 Å². The molecule has 2 heteroatoms. The molecule has 0 amide bonds. The van der Waals surface area contributed by atoms with Gasteiger partial charge in [-0.3, -0.25) is 0 Å². The highest BCUT2D eigenvalue weighted by Crippen LogP contribution is 2.20. The first kappa shape index (κ1) is 10.0. The highest BCUT2D eigenvalue weighted by molar-refractivity contribution is 4.89. The van der Waals surface area contributed by atoms with Crippen LogP contribution in [0.5, 0.6) is 0 Å². The van der Waals surface area contributed by atoms with Crippen LogP contribution in [0.4, 0.5) is 0 Å². The maximum atomic E-state index is 3.60. The predicted octanol–water partition coefficient (Wildman–Crippen LogP) is 1.37. The Bertz CT molecular complexity index is 129. The second-order valence-corrected chi connectivity index (χ2v) is 4.84. The predicted molar refractivity (Wildman–Crippen MR) is 53.3 cm³/mol. The van der Waals surface area contributed by atoms with Crippen molar-refractivity contribution in [3.63, 3.8) is 0 Å². The topological polar surface area (TPSA) is 24.1 Å². The van der Waals surface area contributed by atoms with E-state index in [-0.39, 0.29) is 0 Å². The fourth-order valence-corrected chi connectivity index (χ4v) is 1.61. The van der Waals surface area contributed by atoms with Gasteiger partial charge >= 0.3 is 0 Å². The summed E-state index contributed by atoms with van der Waals surface area (Å²) in [5, 5.41) is 7.16. The van der Waals surface area contributed by atoms with Crippen molar-refractivity contribution in [3.8, 4) is 0 Å². The summed E-state index contributed by atoms with van der Waals surface area (Å²) in [4.78, 5) is 0. The number of piperazine rings is 1. The smallest absolute Gasteiger partial charge is 0.0241 e. The van der Waals surface area contributed by atoms with Crippen LogP contribution in [0.1, 0.15) is 34.1 Å². The van der Waals surface area contributed by atoms with Crippen molar-refractivity contribution in [2.75, 3.05) is 13.1 Å². The molecule has 1 saturated heterocycles. The fourth-order valence-electron chi connectivity index (χ4n) is 1.61. The average molecular weight is 170 g/mol. The fraction of sp³-hybridized carbons (Fsp3) is 1.00. The van der Waals surface area contributed by atoms with Crippen molar-refractivity contribution in [1.29, 1.82) is 0 Å². The Hall–Kier alpha value is -0.0800. The van der Waals surface area contributed by atoms with Gasteiger partial charge < -0.3 is 10.6 Å². The SMILES string of the molecule is CCC1CNC(C(C)(C)C)CN1. The lowest BCUT2D eigenvalue weighted by Gasteiger charge is -2.38. The molecule has 1 aliphatic rings. The molecule has 2 unspecified atom stereocenters. The molecule has 1 fully saturated rings. The minimum Gasteiger partial charge on any atom is -0.311 e. The summed E-state index contributed by atoms with van der Waals surface area (Å²) >= 11 is 0. The zero-order valence-electron chi connectivity index (χ0n) is 8.78. The van der Waals surface area contributed by atoms with E-state index in [0.29, 0.717) is 17.5 Å². The van der Waals surface area contributed by atoms with Crippen molar-refractivity contribution < 1.29 is 0 Å². The molecule has 2 atom stereocenters. The Morgan fingerprint density at radius 3 is 2.17 bits per heavy atom. The van der Waals surface area contributed by atoms with Gasteiger partial charge in [0.15, 0.2) is 0 Å². The second kappa shape index (κ2) is 3.75. The molecule has 0 aromatic rings. The lowest BCUT2D eigenvalue weighted by atomic mass is 9.85. The number of rotatable bonds is 1. The average Bonchev–Trinajstić information content (AvgIpc) is 2.03. The number of hydrogen-bond acceptors (Lipinski definition) is 2. The normalized spacial score (nSPS) is 32.0. The van der Waals surface area contributed by atoms with Crippen molar-refractivity contribution in [2.24, 2.45) is 5.41 Å². The molecule has 2 N–H and O–H groups in total. The van der Waals surface area contributed by atoms with Gasteiger partial charge in [0, 0.05) is 25.2 Å². The minimum atomic E-state index is 0.381. The molecule has 0 spiro atoms. The first-order valence-electron chi connectivity index (χ1n) is 5.00. The number of hydrogen-bond donors (Lipinski definition) is 2. The highest BCUT2D eigenvalue weighted by Gasteiger charge is 2.27. The summed E-state index contributed by atoms with van der Waals surface area (Å²) in [5.74, 6) is 0. The quantitative estimate of drug-likeness (QED) is 0.621. The molecule has 0 aromatic heterocycles. The van der Waals surface area contributed by atoms with Gasteiger partial charge in [0.1, 0.15) is 0 Å². The Morgan fingerprint density at radius 2 is 1.83 bits per heavy atom. The molecule has 72 valence electrons. The summed E-state index contributed by atoms with van der Waals surface area (Å²) < 4.78 is 0. The first-order chi connectivity index (χ1) is 5.54. The molecule has 0 radical (unpaired) electrons. The third-order valence-electron chi connectivity index (χ3n) is 2.76. The Labute approximate surface area is 76.1 Å². The maximum Gasteiger partial charge on any atom is 0.0241 e. The Morgan fingerprint density at radius 1 is 1.17 bits per heavy atom. The van der Waals surface area contributed by atoms with Crippen LogP contribution in [0, 0.1) is 5.41 Å². The summed E-state index contributed by atoms with van der Waals surface area (Å²) in [5.41, 5.74) is 0.381. The molecule has 0 bridgehead atoms. The van der Waals surface area contributed by atoms with Crippen molar-refractivity contribution in [2.45, 2.75) is 46.2 Å². The molecule has 0 aliphatic carbocycles. The highest BCUT2D eigenvalue weighted by atomic mass is 15.1. The largest absolute Gasteiger partial charge is 0.311 e. The summed E-state index contributed by atoms with van der Waals surface area (Å²) in [6.45, 7) is 11.3. The van der Waals surface area contributed by atoms with Crippen LogP contribution in [-0.4, -0.2) is 25.2 Å². The lowest BCUT2D eigenvalue weighted by Crippen LogP contribution is -2.58. The van der Waals surface area contributed by atoms with Gasteiger partial charge in [-0.1, -0.05) is 27.7 Å². The van der Waals surface area contributed by atoms with Crippen molar-refractivity contribution in [3.05, 3.63) is 0 Å². The monoisotopic (exact) mass is 170 g/mol. The van der Waals surface area contributed by atoms with Gasteiger partial charge in [-0.25, -0.2) is 0 Å². The molecule has 1 aliphatic heterocycles. The van der Waals surface area contributed by atoms with E-state index in [2.05, 4.69) is 38.3 Å². The third-order valence-corrected chi connectivity index (χ3v) is 2.76. The van der Waals surface area contributed by atoms with E-state index in [1.54, 1.807) is 0 Å². The summed E-state index contributed by atoms with van der Waals surface area (Å²) in [6.07, 6.45) is 1.23. The van der Waals surface area contributed by atoms with Gasteiger partial charge in [0.2, 0.25) is 0 Å². The minimum absolute atomic E-state index is 0.381. The van der Waals surface area contributed by atoms with Gasteiger partial charge in [-0.15, -0.1) is 0 Å². The molecule has 2 nitrogen and oxygen atoms in total. The molecule has 1 rings (SSSR count). The summed E-state index contributed by atoms with van der Waals surface area (Å²) in [7, 11) is 0. The van der Waals surface area contributed by atoms with E-state index in [9.17, 15) is 0 Å².